The second-order valence-corrected chi connectivity index (χ2v) is 5.08. The molecule has 0 saturated heterocycles. The highest BCUT2D eigenvalue weighted by atomic mass is 35.5. The molecule has 2 aromatic rings. The highest BCUT2D eigenvalue weighted by Crippen LogP contribution is 2.40. The van der Waals surface area contributed by atoms with Crippen molar-refractivity contribution in [3.63, 3.8) is 0 Å². The van der Waals surface area contributed by atoms with Gasteiger partial charge in [0.05, 0.1) is 6.61 Å². The maximum atomic E-state index is 6.14. The van der Waals surface area contributed by atoms with Crippen molar-refractivity contribution in [2.24, 2.45) is 0 Å². The minimum Gasteiger partial charge on any atom is -0.493 e. The van der Waals surface area contributed by atoms with E-state index in [1.165, 1.54) is 0 Å². The number of halogens is 1. The summed E-state index contributed by atoms with van der Waals surface area (Å²) in [5.41, 5.74) is 2.59. The fraction of sp³-hybridized carbons (Fsp3) is 0.333. The highest BCUT2D eigenvalue weighted by Gasteiger charge is 2.23. The number of rotatable bonds is 3. The van der Waals surface area contributed by atoms with Crippen LogP contribution in [0.5, 0.6) is 11.5 Å². The van der Waals surface area contributed by atoms with Gasteiger partial charge in [0.2, 0.25) is 0 Å². The Labute approximate surface area is 122 Å². The van der Waals surface area contributed by atoms with Crippen LogP contribution in [0.4, 0.5) is 0 Å². The lowest BCUT2D eigenvalue weighted by Gasteiger charge is -2.12. The largest absolute Gasteiger partial charge is 0.493 e. The summed E-state index contributed by atoms with van der Waals surface area (Å²) in [4.78, 5) is 8.38. The van der Waals surface area contributed by atoms with Gasteiger partial charge in [0.15, 0.2) is 5.15 Å². The molecule has 0 radical (unpaired) electrons. The van der Waals surface area contributed by atoms with Crippen LogP contribution in [0, 0.1) is 0 Å². The summed E-state index contributed by atoms with van der Waals surface area (Å²) in [6, 6.07) is 3.96. The van der Waals surface area contributed by atoms with Crippen LogP contribution in [0.2, 0.25) is 5.15 Å². The van der Waals surface area contributed by atoms with Crippen LogP contribution >= 0.6 is 11.6 Å². The molecule has 5 heteroatoms. The highest BCUT2D eigenvalue weighted by molar-refractivity contribution is 6.31. The Bertz CT molecular complexity index is 646. The molecule has 0 N–H and O–H groups in total. The first-order valence-corrected chi connectivity index (χ1v) is 7.00. The van der Waals surface area contributed by atoms with Gasteiger partial charge in [-0.25, -0.2) is 4.98 Å². The first-order valence-electron chi connectivity index (χ1n) is 6.62. The Morgan fingerprint density at radius 3 is 2.90 bits per heavy atom. The SMILES string of the molecule is CCOc1cc2c(cc1-c1nccnc1Cl)OC(C)C2. The molecule has 1 atom stereocenters. The summed E-state index contributed by atoms with van der Waals surface area (Å²) >= 11 is 6.14. The van der Waals surface area contributed by atoms with E-state index < -0.39 is 0 Å². The number of hydrogen-bond donors (Lipinski definition) is 0. The number of benzene rings is 1. The second-order valence-electron chi connectivity index (χ2n) is 4.72. The zero-order chi connectivity index (χ0) is 14.1. The molecule has 4 nitrogen and oxygen atoms in total. The predicted molar refractivity (Wildman–Crippen MR) is 77.4 cm³/mol. The molecule has 1 aromatic heterocycles. The minimum absolute atomic E-state index is 0.187. The molecule has 0 aliphatic carbocycles. The fourth-order valence-corrected chi connectivity index (χ4v) is 2.61. The van der Waals surface area contributed by atoms with E-state index in [9.17, 15) is 0 Å². The summed E-state index contributed by atoms with van der Waals surface area (Å²) in [7, 11) is 0. The van der Waals surface area contributed by atoms with E-state index in [2.05, 4.69) is 16.9 Å². The van der Waals surface area contributed by atoms with E-state index in [0.717, 1.165) is 29.0 Å². The van der Waals surface area contributed by atoms with Gasteiger partial charge in [0.1, 0.15) is 23.3 Å². The van der Waals surface area contributed by atoms with Gasteiger partial charge in [-0.05, 0) is 26.0 Å². The van der Waals surface area contributed by atoms with Crippen molar-refractivity contribution in [1.82, 2.24) is 9.97 Å². The zero-order valence-electron chi connectivity index (χ0n) is 11.4. The lowest BCUT2D eigenvalue weighted by Crippen LogP contribution is -2.05. The van der Waals surface area contributed by atoms with Gasteiger partial charge < -0.3 is 9.47 Å². The fourth-order valence-electron chi connectivity index (χ4n) is 2.40. The normalized spacial score (nSPS) is 16.6. The summed E-state index contributed by atoms with van der Waals surface area (Å²) in [5, 5.41) is 0.361. The quantitative estimate of drug-likeness (QED) is 0.867. The standard InChI is InChI=1S/C15H15ClN2O2/c1-3-19-13-7-10-6-9(2)20-12(10)8-11(13)14-15(16)18-5-4-17-14/h4-5,7-9H,3,6H2,1-2H3. The molecule has 20 heavy (non-hydrogen) atoms. The van der Waals surface area contributed by atoms with Crippen molar-refractivity contribution in [1.29, 1.82) is 0 Å². The molecule has 1 aromatic carbocycles. The van der Waals surface area contributed by atoms with Crippen LogP contribution < -0.4 is 9.47 Å². The van der Waals surface area contributed by atoms with Gasteiger partial charge >= 0.3 is 0 Å². The zero-order valence-corrected chi connectivity index (χ0v) is 12.1. The molecule has 1 aliphatic rings. The average molecular weight is 291 g/mol. The van der Waals surface area contributed by atoms with Gasteiger partial charge in [0.25, 0.3) is 0 Å². The van der Waals surface area contributed by atoms with Crippen LogP contribution in [-0.4, -0.2) is 22.7 Å². The number of hydrogen-bond acceptors (Lipinski definition) is 4. The smallest absolute Gasteiger partial charge is 0.155 e. The maximum absolute atomic E-state index is 6.14. The van der Waals surface area contributed by atoms with Crippen molar-refractivity contribution >= 4 is 11.6 Å². The lowest BCUT2D eigenvalue weighted by atomic mass is 10.0. The van der Waals surface area contributed by atoms with Crippen LogP contribution in [0.25, 0.3) is 11.3 Å². The van der Waals surface area contributed by atoms with Crippen molar-refractivity contribution in [2.45, 2.75) is 26.4 Å². The molecule has 0 spiro atoms. The first kappa shape index (κ1) is 13.2. The molecule has 1 unspecified atom stereocenters. The summed E-state index contributed by atoms with van der Waals surface area (Å²) in [6.45, 7) is 4.59. The first-order chi connectivity index (χ1) is 9.69. The number of fused-ring (bicyclic) bond motifs is 1. The molecule has 0 fully saturated rings. The Morgan fingerprint density at radius 1 is 1.35 bits per heavy atom. The minimum atomic E-state index is 0.187. The third-order valence-electron chi connectivity index (χ3n) is 3.21. The third kappa shape index (κ3) is 2.31. The number of ether oxygens (including phenoxy) is 2. The van der Waals surface area contributed by atoms with E-state index >= 15 is 0 Å². The Hall–Kier alpha value is -1.81. The van der Waals surface area contributed by atoms with Crippen LogP contribution in [0.15, 0.2) is 24.5 Å². The molecular formula is C15H15ClN2O2. The van der Waals surface area contributed by atoms with Gasteiger partial charge in [-0.3, -0.25) is 4.98 Å². The maximum Gasteiger partial charge on any atom is 0.155 e. The molecule has 104 valence electrons. The van der Waals surface area contributed by atoms with E-state index in [1.54, 1.807) is 12.4 Å². The van der Waals surface area contributed by atoms with Crippen LogP contribution in [-0.2, 0) is 6.42 Å². The van der Waals surface area contributed by atoms with Crippen molar-refractivity contribution in [3.05, 3.63) is 35.2 Å². The molecular weight excluding hydrogens is 276 g/mol. The Kier molecular flexibility index (Phi) is 3.49. The molecule has 0 bridgehead atoms. The number of aromatic nitrogens is 2. The van der Waals surface area contributed by atoms with Crippen molar-refractivity contribution < 1.29 is 9.47 Å². The van der Waals surface area contributed by atoms with E-state index in [0.29, 0.717) is 17.5 Å². The number of nitrogens with zero attached hydrogens (tertiary/aromatic N) is 2. The van der Waals surface area contributed by atoms with E-state index in [-0.39, 0.29) is 6.10 Å². The Balaban J connectivity index is 2.14. The third-order valence-corrected chi connectivity index (χ3v) is 3.48. The van der Waals surface area contributed by atoms with Crippen LogP contribution in [0.1, 0.15) is 19.4 Å². The van der Waals surface area contributed by atoms with E-state index in [1.807, 2.05) is 19.1 Å². The molecule has 1 aliphatic heterocycles. The Morgan fingerprint density at radius 2 is 2.15 bits per heavy atom. The van der Waals surface area contributed by atoms with Gasteiger partial charge in [-0.1, -0.05) is 11.6 Å². The molecule has 0 amide bonds. The van der Waals surface area contributed by atoms with Gasteiger partial charge in [-0.2, -0.15) is 0 Å². The average Bonchev–Trinajstić information content (AvgIpc) is 2.78. The summed E-state index contributed by atoms with van der Waals surface area (Å²) in [5.74, 6) is 1.64. The molecule has 3 rings (SSSR count). The monoisotopic (exact) mass is 290 g/mol. The summed E-state index contributed by atoms with van der Waals surface area (Å²) in [6.07, 6.45) is 4.27. The summed E-state index contributed by atoms with van der Waals surface area (Å²) < 4.78 is 11.5. The topological polar surface area (TPSA) is 44.2 Å². The van der Waals surface area contributed by atoms with Crippen molar-refractivity contribution in [3.8, 4) is 22.8 Å². The second kappa shape index (κ2) is 5.29. The van der Waals surface area contributed by atoms with E-state index in [4.69, 9.17) is 21.1 Å². The predicted octanol–water partition coefficient (Wildman–Crippen LogP) is 3.52. The van der Waals surface area contributed by atoms with Crippen LogP contribution in [0.3, 0.4) is 0 Å². The van der Waals surface area contributed by atoms with Gasteiger partial charge in [0, 0.05) is 29.9 Å². The van der Waals surface area contributed by atoms with Crippen molar-refractivity contribution in [2.75, 3.05) is 6.61 Å². The molecule has 2 heterocycles. The van der Waals surface area contributed by atoms with Gasteiger partial charge in [-0.15, -0.1) is 0 Å². The lowest BCUT2D eigenvalue weighted by molar-refractivity contribution is 0.254. The molecule has 0 saturated carbocycles.